The zero-order chi connectivity index (χ0) is 15.2. The molecular weight excluding hydrogens is 336 g/mol. The topological polar surface area (TPSA) is 71.3 Å². The van der Waals surface area contributed by atoms with Crippen LogP contribution in [0.25, 0.3) is 0 Å². The lowest BCUT2D eigenvalue weighted by Gasteiger charge is -2.27. The van der Waals surface area contributed by atoms with Crippen LogP contribution in [0.5, 0.6) is 0 Å². The van der Waals surface area contributed by atoms with Gasteiger partial charge in [0.05, 0.1) is 5.41 Å². The second kappa shape index (κ2) is 5.16. The standard InChI is InChI=1S/C15H19BrN2O3/c1-15(14(20)21)6-2-3-12(15)17-13(19)11-7-9(16)8-18(11)10-4-5-10/h7-8,10,12H,2-6H2,1H3,(H,17,19)(H,20,21). The molecule has 3 rings (SSSR count). The Bertz CT molecular complexity index is 594. The average Bonchev–Trinajstić information content (AvgIpc) is 3.10. The van der Waals surface area contributed by atoms with Crippen LogP contribution in [0, 0.1) is 5.41 Å². The molecule has 21 heavy (non-hydrogen) atoms. The van der Waals surface area contributed by atoms with E-state index in [9.17, 15) is 14.7 Å². The van der Waals surface area contributed by atoms with E-state index in [0.717, 1.165) is 30.2 Å². The van der Waals surface area contributed by atoms with Crippen molar-refractivity contribution in [2.45, 2.75) is 51.1 Å². The van der Waals surface area contributed by atoms with Crippen LogP contribution in [-0.2, 0) is 4.79 Å². The van der Waals surface area contributed by atoms with Gasteiger partial charge in [-0.25, -0.2) is 0 Å². The number of halogens is 1. The van der Waals surface area contributed by atoms with Gasteiger partial charge in [0.15, 0.2) is 0 Å². The first-order valence-electron chi connectivity index (χ1n) is 7.33. The monoisotopic (exact) mass is 354 g/mol. The summed E-state index contributed by atoms with van der Waals surface area (Å²) < 4.78 is 2.87. The molecule has 2 unspecified atom stereocenters. The van der Waals surface area contributed by atoms with E-state index < -0.39 is 11.4 Å². The summed E-state index contributed by atoms with van der Waals surface area (Å²) >= 11 is 3.41. The van der Waals surface area contributed by atoms with E-state index in [2.05, 4.69) is 21.2 Å². The summed E-state index contributed by atoms with van der Waals surface area (Å²) in [6.45, 7) is 1.73. The SMILES string of the molecule is CC1(C(=O)O)CCCC1NC(=O)c1cc(Br)cn1C1CC1. The number of nitrogens with one attached hydrogen (secondary N) is 1. The lowest BCUT2D eigenvalue weighted by atomic mass is 9.85. The Hall–Kier alpha value is -1.30. The van der Waals surface area contributed by atoms with Crippen LogP contribution < -0.4 is 5.32 Å². The van der Waals surface area contributed by atoms with Gasteiger partial charge in [-0.1, -0.05) is 6.42 Å². The molecule has 2 aliphatic carbocycles. The summed E-state index contributed by atoms with van der Waals surface area (Å²) in [4.78, 5) is 24.0. The third-order valence-electron chi connectivity index (χ3n) is 4.74. The van der Waals surface area contributed by atoms with E-state index in [1.807, 2.05) is 10.8 Å². The van der Waals surface area contributed by atoms with Crippen LogP contribution >= 0.6 is 15.9 Å². The number of rotatable bonds is 4. The number of aromatic nitrogens is 1. The fourth-order valence-electron chi connectivity index (χ4n) is 3.17. The summed E-state index contributed by atoms with van der Waals surface area (Å²) in [6, 6.07) is 1.91. The summed E-state index contributed by atoms with van der Waals surface area (Å²) in [7, 11) is 0. The third-order valence-corrected chi connectivity index (χ3v) is 5.17. The molecule has 0 aliphatic heterocycles. The summed E-state index contributed by atoms with van der Waals surface area (Å²) in [5, 5.41) is 12.4. The molecule has 2 saturated carbocycles. The molecule has 0 bridgehead atoms. The predicted octanol–water partition coefficient (Wildman–Crippen LogP) is 2.96. The minimum absolute atomic E-state index is 0.174. The van der Waals surface area contributed by atoms with Crippen LogP contribution in [-0.4, -0.2) is 27.6 Å². The molecule has 1 amide bonds. The van der Waals surface area contributed by atoms with Gasteiger partial charge in [0.2, 0.25) is 0 Å². The molecule has 0 radical (unpaired) electrons. The highest BCUT2D eigenvalue weighted by Gasteiger charge is 2.46. The fraction of sp³-hybridized carbons (Fsp3) is 0.600. The van der Waals surface area contributed by atoms with Gasteiger partial charge >= 0.3 is 5.97 Å². The van der Waals surface area contributed by atoms with E-state index in [1.165, 1.54) is 0 Å². The van der Waals surface area contributed by atoms with E-state index in [1.54, 1.807) is 13.0 Å². The zero-order valence-corrected chi connectivity index (χ0v) is 13.5. The third kappa shape index (κ3) is 2.61. The van der Waals surface area contributed by atoms with Crippen molar-refractivity contribution in [3.63, 3.8) is 0 Å². The molecule has 1 aromatic rings. The molecule has 6 heteroatoms. The van der Waals surface area contributed by atoms with Gasteiger partial charge in [-0.15, -0.1) is 0 Å². The minimum Gasteiger partial charge on any atom is -0.481 e. The van der Waals surface area contributed by atoms with Crippen molar-refractivity contribution in [3.8, 4) is 0 Å². The molecule has 1 aromatic heterocycles. The Morgan fingerprint density at radius 3 is 2.76 bits per heavy atom. The molecule has 2 atom stereocenters. The second-order valence-corrected chi connectivity index (χ2v) is 7.24. The molecule has 0 aromatic carbocycles. The summed E-state index contributed by atoms with van der Waals surface area (Å²) in [6.07, 6.45) is 6.29. The van der Waals surface area contributed by atoms with Crippen molar-refractivity contribution < 1.29 is 14.7 Å². The number of carbonyl (C=O) groups is 2. The minimum atomic E-state index is -0.857. The Labute approximate surface area is 131 Å². The number of aliphatic carboxylic acids is 1. The normalized spacial score (nSPS) is 28.6. The molecule has 2 fully saturated rings. The fourth-order valence-corrected chi connectivity index (χ4v) is 3.61. The van der Waals surface area contributed by atoms with Crippen LogP contribution in [0.2, 0.25) is 0 Å². The number of hydrogen-bond acceptors (Lipinski definition) is 2. The Balaban J connectivity index is 1.79. The summed E-state index contributed by atoms with van der Waals surface area (Å²) in [5.41, 5.74) is -0.242. The van der Waals surface area contributed by atoms with E-state index >= 15 is 0 Å². The first kappa shape index (κ1) is 14.6. The van der Waals surface area contributed by atoms with Gasteiger partial charge < -0.3 is 15.0 Å². The lowest BCUT2D eigenvalue weighted by molar-refractivity contribution is -0.148. The molecular formula is C15H19BrN2O3. The van der Waals surface area contributed by atoms with Gasteiger partial charge in [0.1, 0.15) is 5.69 Å². The van der Waals surface area contributed by atoms with Crippen molar-refractivity contribution in [2.24, 2.45) is 5.41 Å². The highest BCUT2D eigenvalue weighted by Crippen LogP contribution is 2.39. The zero-order valence-electron chi connectivity index (χ0n) is 11.9. The highest BCUT2D eigenvalue weighted by atomic mass is 79.9. The largest absolute Gasteiger partial charge is 0.481 e. The maximum atomic E-state index is 12.5. The quantitative estimate of drug-likeness (QED) is 0.872. The van der Waals surface area contributed by atoms with Crippen molar-refractivity contribution in [1.82, 2.24) is 9.88 Å². The van der Waals surface area contributed by atoms with Crippen LogP contribution in [0.1, 0.15) is 55.6 Å². The Morgan fingerprint density at radius 1 is 1.43 bits per heavy atom. The smallest absolute Gasteiger partial charge is 0.311 e. The van der Waals surface area contributed by atoms with Crippen molar-refractivity contribution in [3.05, 3.63) is 22.4 Å². The average molecular weight is 355 g/mol. The second-order valence-electron chi connectivity index (χ2n) is 6.32. The van der Waals surface area contributed by atoms with Gasteiger partial charge in [-0.3, -0.25) is 9.59 Å². The first-order valence-corrected chi connectivity index (χ1v) is 8.13. The Morgan fingerprint density at radius 2 is 2.14 bits per heavy atom. The maximum Gasteiger partial charge on any atom is 0.311 e. The molecule has 2 aliphatic rings. The molecule has 0 saturated heterocycles. The van der Waals surface area contributed by atoms with Gasteiger partial charge in [-0.2, -0.15) is 0 Å². The molecule has 0 spiro atoms. The van der Waals surface area contributed by atoms with Crippen LogP contribution in [0.15, 0.2) is 16.7 Å². The molecule has 1 heterocycles. The van der Waals surface area contributed by atoms with Crippen molar-refractivity contribution in [2.75, 3.05) is 0 Å². The van der Waals surface area contributed by atoms with Crippen molar-refractivity contribution >= 4 is 27.8 Å². The number of carboxylic acid groups (broad SMARTS) is 1. The van der Waals surface area contributed by atoms with Crippen LogP contribution in [0.3, 0.4) is 0 Å². The number of hydrogen-bond donors (Lipinski definition) is 2. The number of nitrogens with zero attached hydrogens (tertiary/aromatic N) is 1. The van der Waals surface area contributed by atoms with E-state index in [4.69, 9.17) is 0 Å². The van der Waals surface area contributed by atoms with Crippen LogP contribution in [0.4, 0.5) is 0 Å². The van der Waals surface area contributed by atoms with Crippen molar-refractivity contribution in [1.29, 1.82) is 0 Å². The molecule has 114 valence electrons. The lowest BCUT2D eigenvalue weighted by Crippen LogP contribution is -2.47. The van der Waals surface area contributed by atoms with E-state index in [-0.39, 0.29) is 11.9 Å². The van der Waals surface area contributed by atoms with Gasteiger partial charge in [-0.05, 0) is 54.6 Å². The van der Waals surface area contributed by atoms with Gasteiger partial charge in [0.25, 0.3) is 5.91 Å². The Kier molecular flexibility index (Phi) is 3.59. The molecule has 2 N–H and O–H groups in total. The number of carboxylic acids is 1. The molecule has 5 nitrogen and oxygen atoms in total. The number of carbonyl (C=O) groups excluding carboxylic acids is 1. The predicted molar refractivity (Wildman–Crippen MR) is 81.3 cm³/mol. The van der Waals surface area contributed by atoms with Gasteiger partial charge in [0, 0.05) is 22.8 Å². The highest BCUT2D eigenvalue weighted by molar-refractivity contribution is 9.10. The number of amides is 1. The first-order chi connectivity index (χ1) is 9.91. The summed E-state index contributed by atoms with van der Waals surface area (Å²) in [5.74, 6) is -1.00. The van der Waals surface area contributed by atoms with E-state index in [0.29, 0.717) is 18.2 Å². The maximum absolute atomic E-state index is 12.5.